The largest absolute Gasteiger partial charge is 0.385 e. The minimum absolute atomic E-state index is 0.855. The summed E-state index contributed by atoms with van der Waals surface area (Å²) in [6.45, 7) is 4.07. The van der Waals surface area contributed by atoms with Crippen molar-refractivity contribution in [3.05, 3.63) is 57.6 Å². The molecule has 0 aromatic heterocycles. The quantitative estimate of drug-likeness (QED) is 0.850. The maximum atomic E-state index is 3.58. The lowest BCUT2D eigenvalue weighted by atomic mass is 9.99. The van der Waals surface area contributed by atoms with E-state index < -0.39 is 0 Å². The third-order valence-electron chi connectivity index (χ3n) is 3.90. The molecule has 104 valence electrons. The number of rotatable bonds is 3. The summed E-state index contributed by atoms with van der Waals surface area (Å²) in [5, 5.41) is 7.09. The molecule has 2 nitrogen and oxygen atoms in total. The van der Waals surface area contributed by atoms with E-state index in [4.69, 9.17) is 0 Å². The van der Waals surface area contributed by atoms with Crippen molar-refractivity contribution < 1.29 is 0 Å². The van der Waals surface area contributed by atoms with Crippen molar-refractivity contribution in [2.24, 2.45) is 0 Å². The Hall–Kier alpha value is -1.48. The summed E-state index contributed by atoms with van der Waals surface area (Å²) in [5.41, 5.74) is 6.57. The van der Waals surface area contributed by atoms with Crippen molar-refractivity contribution >= 4 is 27.3 Å². The first-order valence-electron chi connectivity index (χ1n) is 7.09. The fourth-order valence-corrected chi connectivity index (χ4v) is 3.08. The Labute approximate surface area is 128 Å². The number of halogens is 1. The van der Waals surface area contributed by atoms with Crippen LogP contribution in [0.15, 0.2) is 40.9 Å². The number of anilines is 2. The second kappa shape index (κ2) is 5.88. The van der Waals surface area contributed by atoms with Gasteiger partial charge in [-0.2, -0.15) is 0 Å². The highest BCUT2D eigenvalue weighted by Gasteiger charge is 2.12. The molecule has 1 heterocycles. The zero-order valence-electron chi connectivity index (χ0n) is 11.7. The Morgan fingerprint density at radius 1 is 1.20 bits per heavy atom. The van der Waals surface area contributed by atoms with Crippen molar-refractivity contribution in [3.8, 4) is 0 Å². The van der Waals surface area contributed by atoms with Crippen molar-refractivity contribution in [1.29, 1.82) is 0 Å². The Morgan fingerprint density at radius 2 is 2.05 bits per heavy atom. The van der Waals surface area contributed by atoms with E-state index in [1.54, 1.807) is 0 Å². The van der Waals surface area contributed by atoms with E-state index >= 15 is 0 Å². The zero-order chi connectivity index (χ0) is 13.9. The molecule has 0 aliphatic carbocycles. The van der Waals surface area contributed by atoms with Gasteiger partial charge in [0, 0.05) is 28.9 Å². The van der Waals surface area contributed by atoms with Crippen LogP contribution in [0.25, 0.3) is 0 Å². The number of aryl methyl sites for hydroxylation is 1. The lowest BCUT2D eigenvalue weighted by Crippen LogP contribution is -2.15. The molecule has 0 saturated carbocycles. The first-order chi connectivity index (χ1) is 9.75. The molecule has 0 fully saturated rings. The van der Waals surface area contributed by atoms with E-state index in [-0.39, 0.29) is 0 Å². The summed E-state index contributed by atoms with van der Waals surface area (Å²) in [4.78, 5) is 0. The van der Waals surface area contributed by atoms with E-state index in [9.17, 15) is 0 Å². The average Bonchev–Trinajstić information content (AvgIpc) is 2.49. The van der Waals surface area contributed by atoms with Gasteiger partial charge in [-0.3, -0.25) is 0 Å². The highest BCUT2D eigenvalue weighted by atomic mass is 79.9. The zero-order valence-corrected chi connectivity index (χ0v) is 13.3. The maximum absolute atomic E-state index is 3.58. The number of fused-ring (bicyclic) bond motifs is 1. The Morgan fingerprint density at radius 3 is 2.95 bits per heavy atom. The van der Waals surface area contributed by atoms with Gasteiger partial charge in [0.15, 0.2) is 0 Å². The first-order valence-corrected chi connectivity index (χ1v) is 7.88. The fourth-order valence-electron chi connectivity index (χ4n) is 2.72. The summed E-state index contributed by atoms with van der Waals surface area (Å²) in [7, 11) is 0. The van der Waals surface area contributed by atoms with Crippen LogP contribution >= 0.6 is 15.9 Å². The molecular weight excluding hydrogens is 312 g/mol. The summed E-state index contributed by atoms with van der Waals surface area (Å²) < 4.78 is 1.15. The molecule has 3 rings (SSSR count). The van der Waals surface area contributed by atoms with Crippen LogP contribution in [0.5, 0.6) is 0 Å². The normalized spacial score (nSPS) is 13.5. The molecule has 3 heteroatoms. The van der Waals surface area contributed by atoms with Gasteiger partial charge in [0.05, 0.1) is 0 Å². The van der Waals surface area contributed by atoms with Gasteiger partial charge in [-0.1, -0.05) is 40.2 Å². The number of hydrogen-bond donors (Lipinski definition) is 2. The molecule has 0 saturated heterocycles. The van der Waals surface area contributed by atoms with Gasteiger partial charge in [-0.15, -0.1) is 0 Å². The van der Waals surface area contributed by atoms with Crippen LogP contribution in [0.1, 0.15) is 23.1 Å². The van der Waals surface area contributed by atoms with E-state index in [1.165, 1.54) is 40.9 Å². The van der Waals surface area contributed by atoms with Crippen molar-refractivity contribution in [1.82, 2.24) is 0 Å². The third-order valence-corrected chi connectivity index (χ3v) is 4.76. The summed E-state index contributed by atoms with van der Waals surface area (Å²) in [6.07, 6.45) is 2.42. The van der Waals surface area contributed by atoms with Crippen LogP contribution in [-0.2, 0) is 13.0 Å². The second-order valence-corrected chi connectivity index (χ2v) is 6.10. The third kappa shape index (κ3) is 2.68. The monoisotopic (exact) mass is 330 g/mol. The number of hydrogen-bond acceptors (Lipinski definition) is 2. The molecule has 1 aliphatic heterocycles. The minimum atomic E-state index is 0.855. The molecule has 1 aliphatic rings. The van der Waals surface area contributed by atoms with Crippen LogP contribution in [0.2, 0.25) is 0 Å². The van der Waals surface area contributed by atoms with Crippen LogP contribution in [0.3, 0.4) is 0 Å². The molecule has 0 radical (unpaired) electrons. The molecule has 2 N–H and O–H groups in total. The standard InChI is InChI=1S/C17H19BrN2/c1-12-15(18)8-3-9-16(12)20-11-14-6-2-5-13-7-4-10-19-17(13)14/h2-3,5-6,8-9,19-20H,4,7,10-11H2,1H3. The van der Waals surface area contributed by atoms with Crippen LogP contribution in [-0.4, -0.2) is 6.54 Å². The van der Waals surface area contributed by atoms with Gasteiger partial charge in [0.2, 0.25) is 0 Å². The summed E-state index contributed by atoms with van der Waals surface area (Å²) >= 11 is 3.58. The predicted octanol–water partition coefficient (Wildman–Crippen LogP) is 4.73. The first kappa shape index (κ1) is 13.5. The van der Waals surface area contributed by atoms with Gasteiger partial charge in [-0.25, -0.2) is 0 Å². The SMILES string of the molecule is Cc1c(Br)cccc1NCc1cccc2c1NCCC2. The number of nitrogens with one attached hydrogen (secondary N) is 2. The van der Waals surface area contributed by atoms with E-state index in [0.29, 0.717) is 0 Å². The highest BCUT2D eigenvalue weighted by Crippen LogP contribution is 2.28. The number of benzene rings is 2. The van der Waals surface area contributed by atoms with E-state index in [1.807, 2.05) is 0 Å². The van der Waals surface area contributed by atoms with Crippen molar-refractivity contribution in [2.45, 2.75) is 26.3 Å². The van der Waals surface area contributed by atoms with Gasteiger partial charge in [-0.05, 0) is 48.6 Å². The van der Waals surface area contributed by atoms with E-state index in [2.05, 4.69) is 69.9 Å². The van der Waals surface area contributed by atoms with Crippen molar-refractivity contribution in [3.63, 3.8) is 0 Å². The molecule has 0 amide bonds. The molecular formula is C17H19BrN2. The van der Waals surface area contributed by atoms with Gasteiger partial charge in [0.1, 0.15) is 0 Å². The maximum Gasteiger partial charge on any atom is 0.0423 e. The van der Waals surface area contributed by atoms with Crippen molar-refractivity contribution in [2.75, 3.05) is 17.2 Å². The summed E-state index contributed by atoms with van der Waals surface area (Å²) in [6, 6.07) is 12.9. The van der Waals surface area contributed by atoms with Gasteiger partial charge < -0.3 is 10.6 Å². The molecule has 0 spiro atoms. The smallest absolute Gasteiger partial charge is 0.0423 e. The Kier molecular flexibility index (Phi) is 3.97. The van der Waals surface area contributed by atoms with Crippen LogP contribution < -0.4 is 10.6 Å². The predicted molar refractivity (Wildman–Crippen MR) is 89.5 cm³/mol. The molecule has 0 atom stereocenters. The summed E-state index contributed by atoms with van der Waals surface area (Å²) in [5.74, 6) is 0. The Bertz CT molecular complexity index is 622. The average molecular weight is 331 g/mol. The number of para-hydroxylation sites is 1. The molecule has 2 aromatic rings. The molecule has 0 bridgehead atoms. The molecule has 20 heavy (non-hydrogen) atoms. The lowest BCUT2D eigenvalue weighted by molar-refractivity contribution is 0.825. The fraction of sp³-hybridized carbons (Fsp3) is 0.294. The van der Waals surface area contributed by atoms with Gasteiger partial charge >= 0.3 is 0 Å². The molecule has 2 aromatic carbocycles. The second-order valence-electron chi connectivity index (χ2n) is 5.25. The lowest BCUT2D eigenvalue weighted by Gasteiger charge is -2.22. The van der Waals surface area contributed by atoms with Gasteiger partial charge in [0.25, 0.3) is 0 Å². The van der Waals surface area contributed by atoms with E-state index in [0.717, 1.165) is 17.6 Å². The highest BCUT2D eigenvalue weighted by molar-refractivity contribution is 9.10. The molecule has 0 unspecified atom stereocenters. The Balaban J connectivity index is 1.80. The van der Waals surface area contributed by atoms with Crippen LogP contribution in [0.4, 0.5) is 11.4 Å². The minimum Gasteiger partial charge on any atom is -0.385 e. The topological polar surface area (TPSA) is 24.1 Å². The van der Waals surface area contributed by atoms with Crippen LogP contribution in [0, 0.1) is 6.92 Å².